The minimum absolute atomic E-state index is 0.134. The number of likely N-dealkylation sites (N-methyl/N-ethyl adjacent to an activating group) is 1. The molecule has 0 aromatic carbocycles. The van der Waals surface area contributed by atoms with Gasteiger partial charge in [-0.25, -0.2) is 14.7 Å². The highest BCUT2D eigenvalue weighted by Gasteiger charge is 2.60. The zero-order valence-electron chi connectivity index (χ0n) is 15.6. The molecule has 0 N–H and O–H groups in total. The number of nitrogens with zero attached hydrogens (tertiary/aromatic N) is 3. The van der Waals surface area contributed by atoms with E-state index in [1.54, 1.807) is 29.0 Å². The molecule has 3 heterocycles. The molecular weight excluding hydrogens is 474 g/mol. The molecule has 1 aromatic heterocycles. The van der Waals surface area contributed by atoms with Gasteiger partial charge in [0.2, 0.25) is 0 Å². The Labute approximate surface area is 178 Å². The van der Waals surface area contributed by atoms with Crippen LogP contribution in [0.3, 0.4) is 0 Å². The van der Waals surface area contributed by atoms with Crippen LogP contribution in [0.15, 0.2) is 56.7 Å². The van der Waals surface area contributed by atoms with Crippen molar-refractivity contribution in [2.45, 2.75) is 42.9 Å². The maximum Gasteiger partial charge on any atom is 0.388 e. The van der Waals surface area contributed by atoms with Gasteiger partial charge < -0.3 is 0 Å². The largest absolute Gasteiger partial charge is 0.388 e. The lowest BCUT2D eigenvalue weighted by Gasteiger charge is -2.32. The van der Waals surface area contributed by atoms with Crippen LogP contribution in [0, 0.1) is 0 Å². The lowest BCUT2D eigenvalue weighted by molar-refractivity contribution is -0.313. The number of pyridine rings is 1. The molecule has 3 aliphatic rings. The van der Waals surface area contributed by atoms with Gasteiger partial charge in [-0.2, -0.15) is 17.6 Å². The van der Waals surface area contributed by atoms with E-state index in [0.29, 0.717) is 17.9 Å². The van der Waals surface area contributed by atoms with E-state index in [2.05, 4.69) is 25.7 Å². The molecule has 1 aromatic rings. The van der Waals surface area contributed by atoms with Crippen LogP contribution in [0.25, 0.3) is 0 Å². The Bertz CT molecular complexity index is 934. The van der Waals surface area contributed by atoms with Gasteiger partial charge >= 0.3 is 12.2 Å². The van der Waals surface area contributed by atoms with E-state index >= 15 is 0 Å². The molecule has 1 unspecified atom stereocenters. The van der Waals surface area contributed by atoms with Crippen molar-refractivity contribution in [2.24, 2.45) is 0 Å². The summed E-state index contributed by atoms with van der Waals surface area (Å²) in [5.74, 6) is 1.35. The van der Waals surface area contributed by atoms with Crippen LogP contribution in [0.4, 0.5) is 23.4 Å². The second-order valence-corrected chi connectivity index (χ2v) is 9.06. The molecular formula is C19H18BrF4N3OS. The van der Waals surface area contributed by atoms with Gasteiger partial charge in [-0.15, -0.1) is 11.8 Å². The number of rotatable bonds is 3. The Morgan fingerprint density at radius 1 is 1.28 bits per heavy atom. The summed E-state index contributed by atoms with van der Waals surface area (Å²) < 4.78 is 61.4. The van der Waals surface area contributed by atoms with Crippen molar-refractivity contribution < 1.29 is 22.3 Å². The number of fused-ring (bicyclic) bond motifs is 2. The fourth-order valence-electron chi connectivity index (χ4n) is 3.71. The fraction of sp³-hybridized carbons (Fsp3) is 0.421. The summed E-state index contributed by atoms with van der Waals surface area (Å²) in [5.41, 5.74) is -1.20. The minimum Gasteiger partial charge on any atom is -0.256 e. The van der Waals surface area contributed by atoms with Crippen LogP contribution in [0.2, 0.25) is 0 Å². The first-order chi connectivity index (χ1) is 13.6. The third-order valence-corrected chi connectivity index (χ3v) is 6.31. The lowest BCUT2D eigenvalue weighted by atomic mass is 10.0. The summed E-state index contributed by atoms with van der Waals surface area (Å²) in [7, 11) is 1.83. The maximum absolute atomic E-state index is 14.3. The third-order valence-electron chi connectivity index (χ3n) is 4.98. The van der Waals surface area contributed by atoms with E-state index in [-0.39, 0.29) is 12.5 Å². The van der Waals surface area contributed by atoms with Gasteiger partial charge in [-0.1, -0.05) is 13.0 Å². The molecule has 1 aliphatic carbocycles. The molecule has 0 amide bonds. The van der Waals surface area contributed by atoms with Gasteiger partial charge in [0.25, 0.3) is 0 Å². The van der Waals surface area contributed by atoms with E-state index in [9.17, 15) is 17.6 Å². The van der Waals surface area contributed by atoms with Crippen molar-refractivity contribution in [2.75, 3.05) is 17.8 Å². The van der Waals surface area contributed by atoms with Crippen LogP contribution < -0.4 is 5.01 Å². The normalized spacial score (nSPS) is 25.6. The van der Waals surface area contributed by atoms with Crippen molar-refractivity contribution in [3.05, 3.63) is 51.8 Å². The van der Waals surface area contributed by atoms with Gasteiger partial charge in [0, 0.05) is 17.7 Å². The quantitative estimate of drug-likeness (QED) is 0.397. The Hall–Kier alpha value is -1.36. The van der Waals surface area contributed by atoms with Crippen LogP contribution >= 0.6 is 27.7 Å². The van der Waals surface area contributed by atoms with Crippen molar-refractivity contribution in [3.63, 3.8) is 0 Å². The lowest BCUT2D eigenvalue weighted by Crippen LogP contribution is -2.40. The predicted octanol–water partition coefficient (Wildman–Crippen LogP) is 5.74. The first kappa shape index (κ1) is 20.9. The Kier molecular flexibility index (Phi) is 5.33. The Morgan fingerprint density at radius 2 is 2.00 bits per heavy atom. The van der Waals surface area contributed by atoms with Gasteiger partial charge in [0.1, 0.15) is 0 Å². The topological polar surface area (TPSA) is 28.6 Å². The summed E-state index contributed by atoms with van der Waals surface area (Å²) >= 11 is 4.96. The number of hydrogen-bond donors (Lipinski definition) is 0. The van der Waals surface area contributed by atoms with Crippen LogP contribution in [0.5, 0.6) is 0 Å². The predicted molar refractivity (Wildman–Crippen MR) is 107 cm³/mol. The molecule has 0 saturated carbocycles. The zero-order chi connectivity index (χ0) is 21.0. The monoisotopic (exact) mass is 491 g/mol. The van der Waals surface area contributed by atoms with Crippen molar-refractivity contribution >= 4 is 33.5 Å². The van der Waals surface area contributed by atoms with Crippen LogP contribution in [0.1, 0.15) is 19.8 Å². The summed E-state index contributed by atoms with van der Waals surface area (Å²) in [6.45, 7) is 2.00. The van der Waals surface area contributed by atoms with Gasteiger partial charge in [0.15, 0.2) is 5.82 Å². The van der Waals surface area contributed by atoms with Crippen molar-refractivity contribution in [1.29, 1.82) is 0 Å². The number of allylic oxidation sites excluding steroid dienone is 2. The fourth-order valence-corrected chi connectivity index (χ4v) is 4.99. The number of ether oxygens (including phenoxy) is 1. The molecule has 0 radical (unpaired) electrons. The number of thioether (sulfide) groups is 1. The van der Waals surface area contributed by atoms with Gasteiger partial charge in [0.05, 0.1) is 27.8 Å². The van der Waals surface area contributed by atoms with Crippen LogP contribution in [-0.2, 0) is 4.74 Å². The van der Waals surface area contributed by atoms with E-state index in [4.69, 9.17) is 0 Å². The first-order valence-corrected chi connectivity index (χ1v) is 10.8. The highest BCUT2D eigenvalue weighted by Crippen LogP contribution is 2.51. The Balaban J connectivity index is 1.84. The number of anilines is 1. The zero-order valence-corrected chi connectivity index (χ0v) is 18.0. The molecule has 4 rings (SSSR count). The third kappa shape index (κ3) is 3.64. The summed E-state index contributed by atoms with van der Waals surface area (Å²) in [6.07, 6.45) is -1.69. The number of hydrazine groups is 1. The van der Waals surface area contributed by atoms with Crippen molar-refractivity contribution in [1.82, 2.24) is 9.99 Å². The molecule has 4 nitrogen and oxygen atoms in total. The maximum atomic E-state index is 14.3. The molecule has 2 bridgehead atoms. The minimum atomic E-state index is -4.07. The highest BCUT2D eigenvalue weighted by atomic mass is 79.9. The van der Waals surface area contributed by atoms with Crippen LogP contribution in [-0.4, -0.2) is 41.1 Å². The van der Waals surface area contributed by atoms with E-state index in [0.717, 1.165) is 27.3 Å². The number of alkyl halides is 4. The SMILES string of the molecule is CCSc1cc(Br)cnc1N1C2=CC(CCC=C3C(=C2)C(F)(F)OC3(F)F)N1C. The summed E-state index contributed by atoms with van der Waals surface area (Å²) in [5, 5.41) is 3.60. The average molecular weight is 492 g/mol. The summed E-state index contributed by atoms with van der Waals surface area (Å²) in [4.78, 5) is 5.34. The molecule has 1 atom stereocenters. The number of hydrogen-bond acceptors (Lipinski definition) is 5. The number of halogens is 5. The molecule has 0 spiro atoms. The standard InChI is InChI=1S/C19H18BrF4N3OS/c1-3-29-16-7-11(20)10-25-17(16)27-13-8-12(26(27)2)5-4-6-14-15(9-13)19(23,24)28-18(14,21)22/h6-10,12H,3-5H2,1-2H3. The first-order valence-electron chi connectivity index (χ1n) is 9.06. The number of aromatic nitrogens is 1. The molecule has 156 valence electrons. The van der Waals surface area contributed by atoms with E-state index in [1.165, 1.54) is 0 Å². The molecule has 29 heavy (non-hydrogen) atoms. The van der Waals surface area contributed by atoms with Gasteiger partial charge in [-0.3, -0.25) is 5.01 Å². The summed E-state index contributed by atoms with van der Waals surface area (Å²) in [6, 6.07) is 1.77. The second-order valence-electron chi connectivity index (χ2n) is 6.84. The van der Waals surface area contributed by atoms with Gasteiger partial charge in [-0.05, 0) is 52.7 Å². The smallest absolute Gasteiger partial charge is 0.256 e. The molecule has 1 fully saturated rings. The highest BCUT2D eigenvalue weighted by molar-refractivity contribution is 9.10. The van der Waals surface area contributed by atoms with E-state index in [1.807, 2.05) is 25.0 Å². The molecule has 10 heteroatoms. The average Bonchev–Trinajstić information content (AvgIpc) is 3.05. The molecule has 2 aliphatic heterocycles. The Morgan fingerprint density at radius 3 is 2.72 bits per heavy atom. The second kappa shape index (κ2) is 7.40. The van der Waals surface area contributed by atoms with E-state index < -0.39 is 23.4 Å². The molecule has 1 saturated heterocycles. The van der Waals surface area contributed by atoms with Crippen molar-refractivity contribution in [3.8, 4) is 0 Å².